The van der Waals surface area contributed by atoms with Crippen LogP contribution in [0.25, 0.3) is 0 Å². The van der Waals surface area contributed by atoms with E-state index in [9.17, 15) is 24.3 Å². The third-order valence-corrected chi connectivity index (χ3v) is 5.70. The Morgan fingerprint density at radius 1 is 0.842 bits per heavy atom. The van der Waals surface area contributed by atoms with Crippen LogP contribution in [-0.4, -0.2) is 54.0 Å². The topological polar surface area (TPSA) is 137 Å². The molecule has 4 atom stereocenters. The zero-order valence-electron chi connectivity index (χ0n) is 23.6. The summed E-state index contributed by atoms with van der Waals surface area (Å²) >= 11 is 0. The number of benzene rings is 1. The summed E-state index contributed by atoms with van der Waals surface area (Å²) in [6.45, 7) is 12.5. The van der Waals surface area contributed by atoms with Crippen LogP contribution in [0.4, 0.5) is 4.79 Å². The molecule has 38 heavy (non-hydrogen) atoms. The van der Waals surface area contributed by atoms with Crippen LogP contribution in [0.2, 0.25) is 0 Å². The molecule has 1 rings (SSSR count). The van der Waals surface area contributed by atoms with Crippen molar-refractivity contribution in [2.75, 3.05) is 6.54 Å². The summed E-state index contributed by atoms with van der Waals surface area (Å²) in [5.41, 5.74) is 0.546. The van der Waals surface area contributed by atoms with E-state index in [1.807, 2.05) is 13.8 Å². The van der Waals surface area contributed by atoms with E-state index in [1.165, 1.54) is 12.1 Å². The number of carbonyl (C=O) groups is 4. The quantitative estimate of drug-likeness (QED) is 0.221. The molecular weight excluding hydrogens is 494 g/mol. The van der Waals surface area contributed by atoms with Crippen molar-refractivity contribution in [2.24, 2.45) is 11.8 Å². The second-order valence-corrected chi connectivity index (χ2v) is 9.85. The number of esters is 2. The molecule has 0 spiro atoms. The molecule has 0 radical (unpaired) electrons. The van der Waals surface area contributed by atoms with Crippen LogP contribution in [0.3, 0.4) is 0 Å². The average molecular weight is 538 g/mol. The van der Waals surface area contributed by atoms with Gasteiger partial charge in [-0.15, -0.1) is 0 Å². The van der Waals surface area contributed by atoms with E-state index in [-0.39, 0.29) is 42.4 Å². The SMILES string of the molecule is CCCC(C)C(=O)Oc1ccc(C[C@H](NCC(C)OC(=O)OC(C)C)C(=O)O)cc1OC(=O)C(C)CCC. The molecule has 0 aromatic heterocycles. The number of rotatable bonds is 16. The normalized spacial score (nSPS) is 14.2. The summed E-state index contributed by atoms with van der Waals surface area (Å²) < 4.78 is 21.2. The monoisotopic (exact) mass is 537 g/mol. The van der Waals surface area contributed by atoms with Gasteiger partial charge in [-0.05, 0) is 57.7 Å². The summed E-state index contributed by atoms with van der Waals surface area (Å²) in [5.74, 6) is -2.54. The van der Waals surface area contributed by atoms with Gasteiger partial charge in [-0.3, -0.25) is 14.4 Å². The maximum Gasteiger partial charge on any atom is 0.508 e. The van der Waals surface area contributed by atoms with Crippen LogP contribution >= 0.6 is 0 Å². The van der Waals surface area contributed by atoms with Gasteiger partial charge in [-0.25, -0.2) is 4.79 Å². The Balaban J connectivity index is 3.06. The van der Waals surface area contributed by atoms with Gasteiger partial charge >= 0.3 is 24.1 Å². The second-order valence-electron chi connectivity index (χ2n) is 9.85. The zero-order chi connectivity index (χ0) is 28.8. The van der Waals surface area contributed by atoms with Gasteiger partial charge in [0.15, 0.2) is 11.5 Å². The zero-order valence-corrected chi connectivity index (χ0v) is 23.6. The number of ether oxygens (including phenoxy) is 4. The minimum Gasteiger partial charge on any atom is -0.480 e. The fraction of sp³-hybridized carbons (Fsp3) is 0.643. The Hall–Kier alpha value is -3.14. The van der Waals surface area contributed by atoms with E-state index in [0.717, 1.165) is 12.8 Å². The summed E-state index contributed by atoms with van der Waals surface area (Å²) in [6, 6.07) is 3.62. The highest BCUT2D eigenvalue weighted by molar-refractivity contribution is 5.78. The number of carboxylic acid groups (broad SMARTS) is 1. The van der Waals surface area contributed by atoms with Gasteiger partial charge < -0.3 is 29.4 Å². The molecule has 0 saturated carbocycles. The maximum absolute atomic E-state index is 12.6. The Kier molecular flexibility index (Phi) is 14.4. The molecule has 0 fully saturated rings. The maximum atomic E-state index is 12.6. The molecule has 0 bridgehead atoms. The predicted molar refractivity (Wildman–Crippen MR) is 141 cm³/mol. The first-order chi connectivity index (χ1) is 17.9. The van der Waals surface area contributed by atoms with Crippen LogP contribution in [0.15, 0.2) is 18.2 Å². The molecule has 0 aliphatic carbocycles. The smallest absolute Gasteiger partial charge is 0.480 e. The third-order valence-electron chi connectivity index (χ3n) is 5.70. The van der Waals surface area contributed by atoms with Gasteiger partial charge in [0, 0.05) is 6.54 Å². The minimum atomic E-state index is -1.11. The minimum absolute atomic E-state index is 0.0357. The molecule has 0 saturated heterocycles. The highest BCUT2D eigenvalue weighted by Gasteiger charge is 2.24. The summed E-state index contributed by atoms with van der Waals surface area (Å²) in [5, 5.41) is 12.6. The van der Waals surface area contributed by atoms with E-state index in [1.54, 1.807) is 40.7 Å². The molecule has 10 heteroatoms. The second kappa shape index (κ2) is 16.7. The molecule has 0 amide bonds. The van der Waals surface area contributed by atoms with Gasteiger partial charge in [0.25, 0.3) is 0 Å². The summed E-state index contributed by atoms with van der Waals surface area (Å²) in [6.07, 6.45) is 1.15. The molecule has 0 aliphatic heterocycles. The standard InChI is InChI=1S/C28H43NO9/c1-8-10-18(5)26(32)37-23-13-12-21(15-24(23)38-27(33)19(6)11-9-2)14-22(25(30)31)29-16-20(7)36-28(34)35-17(3)4/h12-13,15,17-20,22,29H,8-11,14,16H2,1-7H3,(H,30,31)/t18?,19?,20?,22-/m0/s1. The lowest BCUT2D eigenvalue weighted by molar-refractivity contribution is -0.141. The van der Waals surface area contributed by atoms with Gasteiger partial charge in [-0.2, -0.15) is 0 Å². The van der Waals surface area contributed by atoms with E-state index in [4.69, 9.17) is 18.9 Å². The van der Waals surface area contributed by atoms with Gasteiger partial charge in [0.1, 0.15) is 12.1 Å². The number of hydrogen-bond donors (Lipinski definition) is 2. The van der Waals surface area contributed by atoms with E-state index < -0.39 is 36.2 Å². The Bertz CT molecular complexity index is 931. The Morgan fingerprint density at radius 3 is 1.89 bits per heavy atom. The highest BCUT2D eigenvalue weighted by Crippen LogP contribution is 2.31. The molecule has 214 valence electrons. The van der Waals surface area contributed by atoms with Crippen LogP contribution in [-0.2, 0) is 30.3 Å². The molecule has 2 N–H and O–H groups in total. The van der Waals surface area contributed by atoms with E-state index in [2.05, 4.69) is 5.32 Å². The number of aliphatic carboxylic acids is 1. The van der Waals surface area contributed by atoms with Gasteiger partial charge in [0.05, 0.1) is 17.9 Å². The first-order valence-electron chi connectivity index (χ1n) is 13.3. The summed E-state index contributed by atoms with van der Waals surface area (Å²) in [7, 11) is 0. The molecule has 3 unspecified atom stereocenters. The fourth-order valence-electron chi connectivity index (χ4n) is 3.58. The lowest BCUT2D eigenvalue weighted by atomic mass is 10.0. The Morgan fingerprint density at radius 2 is 1.39 bits per heavy atom. The van der Waals surface area contributed by atoms with Crippen molar-refractivity contribution >= 4 is 24.1 Å². The van der Waals surface area contributed by atoms with Crippen molar-refractivity contribution < 1.29 is 43.2 Å². The first kappa shape index (κ1) is 32.9. The largest absolute Gasteiger partial charge is 0.508 e. The fourth-order valence-corrected chi connectivity index (χ4v) is 3.58. The molecule has 0 aliphatic rings. The molecule has 0 heterocycles. The average Bonchev–Trinajstić information content (AvgIpc) is 2.82. The number of hydrogen-bond acceptors (Lipinski definition) is 9. The van der Waals surface area contributed by atoms with Gasteiger partial charge in [-0.1, -0.05) is 46.6 Å². The van der Waals surface area contributed by atoms with Crippen LogP contribution in [0.5, 0.6) is 11.5 Å². The molecule has 1 aromatic carbocycles. The highest BCUT2D eigenvalue weighted by atomic mass is 16.7. The van der Waals surface area contributed by atoms with Crippen LogP contribution in [0, 0.1) is 11.8 Å². The van der Waals surface area contributed by atoms with Crippen LogP contribution < -0.4 is 14.8 Å². The number of carboxylic acids is 1. The van der Waals surface area contributed by atoms with Crippen molar-refractivity contribution in [3.63, 3.8) is 0 Å². The summed E-state index contributed by atoms with van der Waals surface area (Å²) in [4.78, 5) is 48.7. The third kappa shape index (κ3) is 11.9. The van der Waals surface area contributed by atoms with Crippen molar-refractivity contribution in [1.29, 1.82) is 0 Å². The molecule has 1 aromatic rings. The predicted octanol–water partition coefficient (Wildman–Crippen LogP) is 4.91. The first-order valence-corrected chi connectivity index (χ1v) is 13.3. The van der Waals surface area contributed by atoms with Crippen LogP contribution in [0.1, 0.15) is 79.7 Å². The number of carbonyl (C=O) groups excluding carboxylic acids is 3. The Labute approximate surface area is 225 Å². The lowest BCUT2D eigenvalue weighted by Gasteiger charge is -2.20. The van der Waals surface area contributed by atoms with Crippen molar-refractivity contribution in [1.82, 2.24) is 5.32 Å². The van der Waals surface area contributed by atoms with Gasteiger partial charge in [0.2, 0.25) is 0 Å². The number of nitrogens with one attached hydrogen (secondary N) is 1. The lowest BCUT2D eigenvalue weighted by Crippen LogP contribution is -2.42. The van der Waals surface area contributed by atoms with Crippen molar-refractivity contribution in [2.45, 2.75) is 98.8 Å². The molecular formula is C28H43NO9. The van der Waals surface area contributed by atoms with Crippen molar-refractivity contribution in [3.8, 4) is 11.5 Å². The van der Waals surface area contributed by atoms with Crippen molar-refractivity contribution in [3.05, 3.63) is 23.8 Å². The van der Waals surface area contributed by atoms with E-state index >= 15 is 0 Å². The molecule has 10 nitrogen and oxygen atoms in total. The van der Waals surface area contributed by atoms with E-state index in [0.29, 0.717) is 18.4 Å².